The van der Waals surface area contributed by atoms with Gasteiger partial charge in [0.15, 0.2) is 11.5 Å². The number of aryl methyl sites for hydroxylation is 6. The number of hydrogen-bond donors (Lipinski definition) is 6. The van der Waals surface area contributed by atoms with Crippen molar-refractivity contribution >= 4 is 0 Å². The monoisotopic (exact) mass is 670 g/mol. The van der Waals surface area contributed by atoms with Gasteiger partial charge < -0.3 is 40.1 Å². The van der Waals surface area contributed by atoms with Crippen LogP contribution >= 0.6 is 0 Å². The first-order valence-electron chi connectivity index (χ1n) is 16.4. The van der Waals surface area contributed by atoms with Crippen molar-refractivity contribution in [3.05, 3.63) is 155 Å². The van der Waals surface area contributed by atoms with Gasteiger partial charge in [-0.1, -0.05) is 36.4 Å². The summed E-state index contributed by atoms with van der Waals surface area (Å²) in [7, 11) is 0. The van der Waals surface area contributed by atoms with E-state index in [2.05, 4.69) is 0 Å². The van der Waals surface area contributed by atoms with E-state index in [1.807, 2.05) is 30.3 Å². The van der Waals surface area contributed by atoms with Gasteiger partial charge in [-0.2, -0.15) is 0 Å². The maximum atomic E-state index is 11.4. The van der Waals surface area contributed by atoms with Crippen molar-refractivity contribution in [2.24, 2.45) is 0 Å². The Bertz CT molecular complexity index is 1950. The van der Waals surface area contributed by atoms with Crippen LogP contribution in [0.15, 0.2) is 121 Å². The van der Waals surface area contributed by atoms with Gasteiger partial charge in [0.25, 0.3) is 0 Å². The molecule has 0 aliphatic carbocycles. The molecule has 0 saturated carbocycles. The van der Waals surface area contributed by atoms with Crippen LogP contribution in [0, 0.1) is 0 Å². The van der Waals surface area contributed by atoms with E-state index in [1.54, 1.807) is 78.9 Å². The van der Waals surface area contributed by atoms with Gasteiger partial charge in [0.2, 0.25) is 5.75 Å². The minimum Gasteiger partial charge on any atom is -0.508 e. The number of hydrogen-bond acceptors (Lipinski definition) is 8. The van der Waals surface area contributed by atoms with Gasteiger partial charge in [0.05, 0.1) is 0 Å². The number of rotatable bonds is 13. The summed E-state index contributed by atoms with van der Waals surface area (Å²) in [6.07, 6.45) is 3.69. The van der Waals surface area contributed by atoms with E-state index in [1.165, 1.54) is 12.1 Å². The van der Waals surface area contributed by atoms with Gasteiger partial charge in [-0.3, -0.25) is 0 Å². The Hall–Kier alpha value is -6.28. The van der Waals surface area contributed by atoms with Crippen LogP contribution in [0.25, 0.3) is 0 Å². The molecule has 0 unspecified atom stereocenters. The topological polar surface area (TPSA) is 140 Å². The second kappa shape index (κ2) is 15.3. The van der Waals surface area contributed by atoms with E-state index in [9.17, 15) is 30.6 Å². The molecule has 6 N–H and O–H groups in total. The lowest BCUT2D eigenvalue weighted by Crippen LogP contribution is -1.97. The fourth-order valence-electron chi connectivity index (χ4n) is 5.79. The lowest BCUT2D eigenvalue weighted by atomic mass is 10.0. The van der Waals surface area contributed by atoms with Crippen LogP contribution in [0.5, 0.6) is 57.5 Å². The van der Waals surface area contributed by atoms with Gasteiger partial charge in [-0.25, -0.2) is 0 Å². The van der Waals surface area contributed by atoms with Gasteiger partial charge >= 0.3 is 0 Å². The highest BCUT2D eigenvalue weighted by atomic mass is 16.5. The number of ether oxygens (including phenoxy) is 2. The largest absolute Gasteiger partial charge is 0.508 e. The van der Waals surface area contributed by atoms with Crippen molar-refractivity contribution in [3.8, 4) is 57.5 Å². The van der Waals surface area contributed by atoms with Gasteiger partial charge in [0.1, 0.15) is 40.2 Å². The smallest absolute Gasteiger partial charge is 0.202 e. The zero-order chi connectivity index (χ0) is 35.0. The fourth-order valence-corrected chi connectivity index (χ4v) is 5.79. The molecule has 6 aromatic carbocycles. The quantitative estimate of drug-likeness (QED) is 0.0716. The van der Waals surface area contributed by atoms with E-state index in [4.69, 9.17) is 9.47 Å². The Morgan fingerprint density at radius 3 is 1.18 bits per heavy atom. The van der Waals surface area contributed by atoms with E-state index in [-0.39, 0.29) is 46.0 Å². The van der Waals surface area contributed by atoms with Crippen LogP contribution in [0.1, 0.15) is 33.4 Å². The van der Waals surface area contributed by atoms with Crippen LogP contribution < -0.4 is 9.47 Å². The van der Waals surface area contributed by atoms with Crippen LogP contribution in [0.2, 0.25) is 0 Å². The maximum Gasteiger partial charge on any atom is 0.202 e. The van der Waals surface area contributed by atoms with Crippen LogP contribution in [0.4, 0.5) is 0 Å². The van der Waals surface area contributed by atoms with Crippen LogP contribution in [-0.4, -0.2) is 30.6 Å². The predicted molar refractivity (Wildman–Crippen MR) is 191 cm³/mol. The first-order valence-corrected chi connectivity index (χ1v) is 16.4. The van der Waals surface area contributed by atoms with Crippen molar-refractivity contribution in [3.63, 3.8) is 0 Å². The van der Waals surface area contributed by atoms with Gasteiger partial charge in [0, 0.05) is 12.1 Å². The number of phenols is 6. The first-order chi connectivity index (χ1) is 24.1. The molecular weight excluding hydrogens is 632 g/mol. The van der Waals surface area contributed by atoms with Crippen molar-refractivity contribution in [2.75, 3.05) is 0 Å². The molecule has 0 atom stereocenters. The lowest BCUT2D eigenvalue weighted by molar-refractivity contribution is 0.374. The molecule has 6 rings (SSSR count). The summed E-state index contributed by atoms with van der Waals surface area (Å²) in [5.41, 5.74) is 5.43. The molecule has 0 aliphatic heterocycles. The lowest BCUT2D eigenvalue weighted by Gasteiger charge is -2.16. The number of aromatic hydroxyl groups is 6. The maximum absolute atomic E-state index is 11.4. The second-order valence-electron chi connectivity index (χ2n) is 12.3. The molecule has 50 heavy (non-hydrogen) atoms. The zero-order valence-electron chi connectivity index (χ0n) is 27.3. The highest BCUT2D eigenvalue weighted by Gasteiger charge is 2.17. The summed E-state index contributed by atoms with van der Waals surface area (Å²) in [5, 5.41) is 61.6. The predicted octanol–water partition coefficient (Wildman–Crippen LogP) is 8.86. The number of benzene rings is 6. The third kappa shape index (κ3) is 9.20. The molecule has 0 saturated heterocycles. The van der Waals surface area contributed by atoms with E-state index >= 15 is 0 Å². The Labute approximate surface area is 290 Å². The molecule has 8 heteroatoms. The molecule has 0 aromatic heterocycles. The first kappa shape index (κ1) is 33.6. The van der Waals surface area contributed by atoms with E-state index < -0.39 is 0 Å². The molecule has 0 aliphatic rings. The van der Waals surface area contributed by atoms with Crippen LogP contribution in [-0.2, 0) is 38.5 Å². The Kier molecular flexibility index (Phi) is 10.3. The Balaban J connectivity index is 1.26. The zero-order valence-corrected chi connectivity index (χ0v) is 27.3. The molecule has 0 fully saturated rings. The second-order valence-corrected chi connectivity index (χ2v) is 12.3. The normalized spacial score (nSPS) is 11.0. The third-order valence-corrected chi connectivity index (χ3v) is 8.35. The van der Waals surface area contributed by atoms with Crippen LogP contribution in [0.3, 0.4) is 0 Å². The summed E-state index contributed by atoms with van der Waals surface area (Å²) in [6.45, 7) is 0. The molecule has 0 amide bonds. The van der Waals surface area contributed by atoms with E-state index in [0.717, 1.165) is 33.4 Å². The summed E-state index contributed by atoms with van der Waals surface area (Å²) >= 11 is 0. The molecule has 8 nitrogen and oxygen atoms in total. The molecule has 6 aromatic rings. The molecule has 0 radical (unpaired) electrons. The highest BCUT2D eigenvalue weighted by molar-refractivity contribution is 5.56. The molecule has 0 heterocycles. The summed E-state index contributed by atoms with van der Waals surface area (Å²) in [5.74, 6) is 1.24. The molecule has 254 valence electrons. The van der Waals surface area contributed by atoms with Crippen molar-refractivity contribution < 1.29 is 40.1 Å². The number of phenolic OH excluding ortho intramolecular Hbond substituents is 6. The Morgan fingerprint density at radius 1 is 0.320 bits per heavy atom. The summed E-state index contributed by atoms with van der Waals surface area (Å²) in [6, 6.07) is 34.3. The minimum atomic E-state index is -0.255. The van der Waals surface area contributed by atoms with Crippen molar-refractivity contribution in [2.45, 2.75) is 38.5 Å². The standard InChI is InChI=1S/C42H38O8/c43-33-14-10-27(11-15-33)4-7-30-19-36(46)25-38(21-30)49-40-23-32(9-6-29-2-1-3-35(45)18-29)24-41(42(40)48)50-39-22-31(20-37(47)26-39)8-5-28-12-16-34(44)17-13-28/h1-3,10-26,43-48H,4-9H2. The van der Waals surface area contributed by atoms with Crippen molar-refractivity contribution in [1.82, 2.24) is 0 Å². The SMILES string of the molecule is Oc1ccc(CCc2cc(O)cc(Oc3cc(CCc4cccc(O)c4)cc(Oc4cc(O)cc(CCc5ccc(O)cc5)c4)c3O)c2)cc1. The average molecular weight is 671 g/mol. The van der Waals surface area contributed by atoms with Crippen molar-refractivity contribution in [1.29, 1.82) is 0 Å². The van der Waals surface area contributed by atoms with Gasteiger partial charge in [-0.15, -0.1) is 0 Å². The molecular formula is C42H38O8. The third-order valence-electron chi connectivity index (χ3n) is 8.35. The minimum absolute atomic E-state index is 0.0128. The summed E-state index contributed by atoms with van der Waals surface area (Å²) in [4.78, 5) is 0. The van der Waals surface area contributed by atoms with Gasteiger partial charge in [-0.05, 0) is 145 Å². The molecule has 0 spiro atoms. The Morgan fingerprint density at radius 2 is 0.720 bits per heavy atom. The fraction of sp³-hybridized carbons (Fsp3) is 0.143. The van der Waals surface area contributed by atoms with E-state index in [0.29, 0.717) is 50.0 Å². The highest BCUT2D eigenvalue weighted by Crippen LogP contribution is 2.43. The average Bonchev–Trinajstić information content (AvgIpc) is 3.08. The molecule has 0 bridgehead atoms. The summed E-state index contributed by atoms with van der Waals surface area (Å²) < 4.78 is 12.4.